The maximum atomic E-state index is 12.2. The number of aromatic nitrogens is 2. The maximum absolute atomic E-state index is 12.2. The first-order valence-electron chi connectivity index (χ1n) is 7.83. The summed E-state index contributed by atoms with van der Waals surface area (Å²) in [7, 11) is 1.82. The van der Waals surface area contributed by atoms with Gasteiger partial charge in [0.05, 0.1) is 11.4 Å². The van der Waals surface area contributed by atoms with Gasteiger partial charge in [-0.15, -0.1) is 0 Å². The van der Waals surface area contributed by atoms with E-state index in [0.717, 1.165) is 28.9 Å². The highest BCUT2D eigenvalue weighted by molar-refractivity contribution is 6.00. The molecule has 0 unspecified atom stereocenters. The third kappa shape index (κ3) is 4.28. The van der Waals surface area contributed by atoms with Gasteiger partial charge in [0.15, 0.2) is 5.78 Å². The quantitative estimate of drug-likeness (QED) is 0.833. The van der Waals surface area contributed by atoms with Crippen LogP contribution < -0.4 is 5.32 Å². The van der Waals surface area contributed by atoms with Crippen molar-refractivity contribution in [3.63, 3.8) is 0 Å². The number of hydrogen-bond acceptors (Lipinski definition) is 3. The van der Waals surface area contributed by atoms with Crippen molar-refractivity contribution in [2.45, 2.75) is 40.0 Å². The molecule has 5 heteroatoms. The summed E-state index contributed by atoms with van der Waals surface area (Å²) in [5.41, 5.74) is 4.47. The minimum Gasteiger partial charge on any atom is -0.323 e. The van der Waals surface area contributed by atoms with Gasteiger partial charge in [0.2, 0.25) is 5.91 Å². The molecule has 0 saturated heterocycles. The molecular weight excluding hydrogens is 290 g/mol. The zero-order valence-electron chi connectivity index (χ0n) is 14.1. The van der Waals surface area contributed by atoms with E-state index in [4.69, 9.17) is 0 Å². The standard InChI is InChI=1S/C18H23N3O2/c1-5-15-16(11-21(4)20-15)19-18(23)9-8-17(22)14-7-6-12(2)13(3)10-14/h6-7,10-11H,5,8-9H2,1-4H3,(H,19,23). The summed E-state index contributed by atoms with van der Waals surface area (Å²) in [6.07, 6.45) is 2.90. The Kier molecular flexibility index (Phi) is 5.32. The van der Waals surface area contributed by atoms with E-state index in [1.807, 2.05) is 46.0 Å². The van der Waals surface area contributed by atoms with E-state index < -0.39 is 0 Å². The number of carbonyl (C=O) groups excluding carboxylic acids is 2. The number of benzene rings is 1. The number of Topliss-reactive ketones (excluding diaryl/α,β-unsaturated/α-hetero) is 1. The van der Waals surface area contributed by atoms with Gasteiger partial charge in [0, 0.05) is 31.6 Å². The van der Waals surface area contributed by atoms with Crippen LogP contribution in [0.5, 0.6) is 0 Å². The van der Waals surface area contributed by atoms with Crippen molar-refractivity contribution in [2.75, 3.05) is 5.32 Å². The predicted octanol–water partition coefficient (Wildman–Crippen LogP) is 3.20. The molecule has 0 radical (unpaired) electrons. The topological polar surface area (TPSA) is 64.0 Å². The van der Waals surface area contributed by atoms with E-state index in [9.17, 15) is 9.59 Å². The fourth-order valence-electron chi connectivity index (χ4n) is 2.40. The normalized spacial score (nSPS) is 10.6. The molecule has 0 bridgehead atoms. The van der Waals surface area contributed by atoms with E-state index >= 15 is 0 Å². The lowest BCUT2D eigenvalue weighted by Gasteiger charge is -2.06. The highest BCUT2D eigenvalue weighted by Gasteiger charge is 2.13. The Morgan fingerprint density at radius 2 is 1.91 bits per heavy atom. The van der Waals surface area contributed by atoms with Gasteiger partial charge in [-0.1, -0.05) is 19.1 Å². The second-order valence-electron chi connectivity index (χ2n) is 5.79. The Labute approximate surface area is 136 Å². The Bertz CT molecular complexity index is 732. The van der Waals surface area contributed by atoms with E-state index in [0.29, 0.717) is 5.56 Å². The molecule has 1 aromatic carbocycles. The fraction of sp³-hybridized carbons (Fsp3) is 0.389. The van der Waals surface area contributed by atoms with Crippen molar-refractivity contribution >= 4 is 17.4 Å². The number of anilines is 1. The predicted molar refractivity (Wildman–Crippen MR) is 90.7 cm³/mol. The summed E-state index contributed by atoms with van der Waals surface area (Å²) >= 11 is 0. The number of hydrogen-bond donors (Lipinski definition) is 1. The number of nitrogens with one attached hydrogen (secondary N) is 1. The zero-order valence-corrected chi connectivity index (χ0v) is 14.1. The van der Waals surface area contributed by atoms with Gasteiger partial charge in [0.1, 0.15) is 0 Å². The number of amides is 1. The van der Waals surface area contributed by atoms with Crippen LogP contribution in [0.3, 0.4) is 0 Å². The molecule has 0 spiro atoms. The van der Waals surface area contributed by atoms with Crippen molar-refractivity contribution in [3.05, 3.63) is 46.8 Å². The largest absolute Gasteiger partial charge is 0.323 e. The summed E-state index contributed by atoms with van der Waals surface area (Å²) in [6, 6.07) is 5.64. The molecule has 2 aromatic rings. The molecule has 0 atom stereocenters. The molecule has 1 amide bonds. The van der Waals surface area contributed by atoms with Crippen LogP contribution in [0.25, 0.3) is 0 Å². The van der Waals surface area contributed by atoms with Gasteiger partial charge in [-0.25, -0.2) is 0 Å². The molecule has 0 aliphatic carbocycles. The van der Waals surface area contributed by atoms with E-state index in [1.165, 1.54) is 0 Å². The average Bonchev–Trinajstić information content (AvgIpc) is 2.87. The van der Waals surface area contributed by atoms with Crippen LogP contribution in [0.15, 0.2) is 24.4 Å². The monoisotopic (exact) mass is 313 g/mol. The Hall–Kier alpha value is -2.43. The lowest BCUT2D eigenvalue weighted by Crippen LogP contribution is -2.14. The maximum Gasteiger partial charge on any atom is 0.224 e. The molecule has 0 aliphatic heterocycles. The summed E-state index contributed by atoms with van der Waals surface area (Å²) in [5, 5.41) is 7.11. The van der Waals surface area contributed by atoms with E-state index in [2.05, 4.69) is 10.4 Å². The summed E-state index contributed by atoms with van der Waals surface area (Å²) in [4.78, 5) is 24.2. The lowest BCUT2D eigenvalue weighted by molar-refractivity contribution is -0.116. The molecule has 1 N–H and O–H groups in total. The summed E-state index contributed by atoms with van der Waals surface area (Å²) < 4.78 is 1.68. The Morgan fingerprint density at radius 1 is 1.17 bits per heavy atom. The van der Waals surface area contributed by atoms with E-state index in [1.54, 1.807) is 10.9 Å². The van der Waals surface area contributed by atoms with Crippen LogP contribution in [0.2, 0.25) is 0 Å². The molecule has 0 saturated carbocycles. The average molecular weight is 313 g/mol. The van der Waals surface area contributed by atoms with Crippen molar-refractivity contribution in [2.24, 2.45) is 7.05 Å². The number of aryl methyl sites for hydroxylation is 4. The van der Waals surface area contributed by atoms with Crippen LogP contribution in [-0.4, -0.2) is 21.5 Å². The second-order valence-corrected chi connectivity index (χ2v) is 5.79. The molecule has 2 rings (SSSR count). The molecular formula is C18H23N3O2. The molecule has 0 aliphatic rings. The highest BCUT2D eigenvalue weighted by atomic mass is 16.2. The number of rotatable bonds is 6. The van der Waals surface area contributed by atoms with Crippen LogP contribution in [0.4, 0.5) is 5.69 Å². The van der Waals surface area contributed by atoms with Gasteiger partial charge in [-0.2, -0.15) is 5.10 Å². The van der Waals surface area contributed by atoms with Gasteiger partial charge in [0.25, 0.3) is 0 Å². The van der Waals surface area contributed by atoms with Crippen molar-refractivity contribution < 1.29 is 9.59 Å². The minimum absolute atomic E-state index is 0.00912. The highest BCUT2D eigenvalue weighted by Crippen LogP contribution is 2.15. The zero-order chi connectivity index (χ0) is 17.0. The van der Waals surface area contributed by atoms with Crippen molar-refractivity contribution in [1.29, 1.82) is 0 Å². The molecule has 1 aromatic heterocycles. The van der Waals surface area contributed by atoms with Gasteiger partial charge in [-0.05, 0) is 37.5 Å². The molecule has 23 heavy (non-hydrogen) atoms. The second kappa shape index (κ2) is 7.22. The van der Waals surface area contributed by atoms with Crippen LogP contribution in [-0.2, 0) is 18.3 Å². The fourth-order valence-corrected chi connectivity index (χ4v) is 2.40. The molecule has 5 nitrogen and oxygen atoms in total. The lowest BCUT2D eigenvalue weighted by atomic mass is 10.0. The number of ketones is 1. The molecule has 1 heterocycles. The third-order valence-corrected chi connectivity index (χ3v) is 3.92. The van der Waals surface area contributed by atoms with Gasteiger partial charge < -0.3 is 5.32 Å². The SMILES string of the molecule is CCc1nn(C)cc1NC(=O)CCC(=O)c1ccc(C)c(C)c1. The van der Waals surface area contributed by atoms with Crippen molar-refractivity contribution in [1.82, 2.24) is 9.78 Å². The number of carbonyl (C=O) groups is 2. The smallest absolute Gasteiger partial charge is 0.224 e. The van der Waals surface area contributed by atoms with Gasteiger partial charge >= 0.3 is 0 Å². The molecule has 122 valence electrons. The van der Waals surface area contributed by atoms with Crippen LogP contribution in [0, 0.1) is 13.8 Å². The number of nitrogens with zero attached hydrogens (tertiary/aromatic N) is 2. The Balaban J connectivity index is 1.93. The van der Waals surface area contributed by atoms with Crippen LogP contribution in [0.1, 0.15) is 46.9 Å². The van der Waals surface area contributed by atoms with Crippen molar-refractivity contribution in [3.8, 4) is 0 Å². The first-order chi connectivity index (χ1) is 10.9. The van der Waals surface area contributed by atoms with Gasteiger partial charge in [-0.3, -0.25) is 14.3 Å². The third-order valence-electron chi connectivity index (χ3n) is 3.92. The first kappa shape index (κ1) is 16.9. The van der Waals surface area contributed by atoms with E-state index in [-0.39, 0.29) is 24.5 Å². The minimum atomic E-state index is -0.162. The molecule has 0 fully saturated rings. The first-order valence-corrected chi connectivity index (χ1v) is 7.83. The van der Waals surface area contributed by atoms with Crippen LogP contribution >= 0.6 is 0 Å². The Morgan fingerprint density at radius 3 is 2.57 bits per heavy atom. The summed E-state index contributed by atoms with van der Waals surface area (Å²) in [5.74, 6) is -0.171. The summed E-state index contributed by atoms with van der Waals surface area (Å²) in [6.45, 7) is 5.98.